The van der Waals surface area contributed by atoms with Crippen molar-refractivity contribution in [3.8, 4) is 0 Å². The van der Waals surface area contributed by atoms with Crippen molar-refractivity contribution in [2.45, 2.75) is 38.9 Å². The van der Waals surface area contributed by atoms with Gasteiger partial charge in [-0.3, -0.25) is 0 Å². The van der Waals surface area contributed by atoms with E-state index in [-0.39, 0.29) is 0 Å². The molecule has 0 saturated carbocycles. The van der Waals surface area contributed by atoms with Gasteiger partial charge in [0.15, 0.2) is 0 Å². The van der Waals surface area contributed by atoms with Crippen LogP contribution >= 0.6 is 11.8 Å². The Labute approximate surface area is 99.1 Å². The van der Waals surface area contributed by atoms with Crippen LogP contribution in [0.5, 0.6) is 0 Å². The van der Waals surface area contributed by atoms with E-state index in [4.69, 9.17) is 0 Å². The van der Waals surface area contributed by atoms with E-state index in [1.165, 1.54) is 19.4 Å². The Morgan fingerprint density at radius 1 is 1.60 bits per heavy atom. The van der Waals surface area contributed by atoms with Gasteiger partial charge in [0.2, 0.25) is 0 Å². The summed E-state index contributed by atoms with van der Waals surface area (Å²) in [7, 11) is 0. The van der Waals surface area contributed by atoms with E-state index < -0.39 is 0 Å². The molecule has 0 spiro atoms. The van der Waals surface area contributed by atoms with Crippen LogP contribution in [0.2, 0.25) is 0 Å². The SMILES string of the molecule is CSC(C)CNCC1CC(C)=CC(C)C1. The average Bonchev–Trinajstić information content (AvgIpc) is 2.16. The van der Waals surface area contributed by atoms with E-state index in [2.05, 4.69) is 38.4 Å². The first-order chi connectivity index (χ1) is 7.11. The van der Waals surface area contributed by atoms with Crippen LogP contribution in [-0.2, 0) is 0 Å². The lowest BCUT2D eigenvalue weighted by Crippen LogP contribution is -2.30. The van der Waals surface area contributed by atoms with Gasteiger partial charge in [-0.25, -0.2) is 0 Å². The van der Waals surface area contributed by atoms with Gasteiger partial charge in [0, 0.05) is 11.8 Å². The molecule has 0 aliphatic heterocycles. The van der Waals surface area contributed by atoms with Crippen LogP contribution in [0.3, 0.4) is 0 Å². The van der Waals surface area contributed by atoms with Crippen LogP contribution in [0.1, 0.15) is 33.6 Å². The molecule has 2 heteroatoms. The van der Waals surface area contributed by atoms with Crippen LogP contribution in [0, 0.1) is 11.8 Å². The maximum atomic E-state index is 3.60. The van der Waals surface area contributed by atoms with Gasteiger partial charge in [-0.15, -0.1) is 0 Å². The molecule has 0 aromatic heterocycles. The van der Waals surface area contributed by atoms with E-state index >= 15 is 0 Å². The van der Waals surface area contributed by atoms with Gasteiger partial charge in [-0.1, -0.05) is 25.5 Å². The summed E-state index contributed by atoms with van der Waals surface area (Å²) in [4.78, 5) is 0. The summed E-state index contributed by atoms with van der Waals surface area (Å²) in [5.41, 5.74) is 1.58. The second-order valence-electron chi connectivity index (χ2n) is 5.00. The third-order valence-corrected chi connectivity index (χ3v) is 4.12. The number of nitrogens with one attached hydrogen (secondary N) is 1. The minimum Gasteiger partial charge on any atom is -0.315 e. The second kappa shape index (κ2) is 6.59. The van der Waals surface area contributed by atoms with Crippen molar-refractivity contribution < 1.29 is 0 Å². The number of hydrogen-bond donors (Lipinski definition) is 1. The lowest BCUT2D eigenvalue weighted by atomic mass is 9.84. The molecule has 88 valence electrons. The molecule has 0 aromatic rings. The van der Waals surface area contributed by atoms with Crippen LogP contribution in [0.4, 0.5) is 0 Å². The van der Waals surface area contributed by atoms with Crippen LogP contribution < -0.4 is 5.32 Å². The third-order valence-electron chi connectivity index (χ3n) is 3.15. The van der Waals surface area contributed by atoms with Gasteiger partial charge in [0.05, 0.1) is 0 Å². The van der Waals surface area contributed by atoms with Crippen molar-refractivity contribution in [3.05, 3.63) is 11.6 Å². The standard InChI is InChI=1S/C13H25NS/c1-10-5-11(2)7-13(6-10)9-14-8-12(3)15-4/h5,10,12-14H,6-9H2,1-4H3. The predicted octanol–water partition coefficient (Wildman–Crippen LogP) is 3.32. The lowest BCUT2D eigenvalue weighted by Gasteiger charge is -2.26. The molecule has 1 N–H and O–H groups in total. The zero-order chi connectivity index (χ0) is 11.3. The molecule has 1 rings (SSSR count). The van der Waals surface area contributed by atoms with E-state index in [0.29, 0.717) is 0 Å². The summed E-state index contributed by atoms with van der Waals surface area (Å²) in [5, 5.41) is 4.34. The van der Waals surface area contributed by atoms with Crippen molar-refractivity contribution >= 4 is 11.8 Å². The molecule has 0 fully saturated rings. The summed E-state index contributed by atoms with van der Waals surface area (Å²) in [5.74, 6) is 1.64. The molecule has 0 aromatic carbocycles. The Morgan fingerprint density at radius 2 is 2.33 bits per heavy atom. The number of hydrogen-bond acceptors (Lipinski definition) is 2. The molecule has 1 aliphatic rings. The minimum atomic E-state index is 0.739. The van der Waals surface area contributed by atoms with Crippen LogP contribution in [0.25, 0.3) is 0 Å². The predicted molar refractivity (Wildman–Crippen MR) is 71.5 cm³/mol. The molecular formula is C13H25NS. The molecular weight excluding hydrogens is 202 g/mol. The molecule has 3 atom stereocenters. The maximum absolute atomic E-state index is 3.60. The van der Waals surface area contributed by atoms with E-state index in [9.17, 15) is 0 Å². The molecule has 0 radical (unpaired) electrons. The molecule has 15 heavy (non-hydrogen) atoms. The fourth-order valence-electron chi connectivity index (χ4n) is 2.42. The topological polar surface area (TPSA) is 12.0 Å². The second-order valence-corrected chi connectivity index (χ2v) is 6.28. The number of thioether (sulfide) groups is 1. The molecule has 1 aliphatic carbocycles. The highest BCUT2D eigenvalue weighted by Gasteiger charge is 2.17. The third kappa shape index (κ3) is 5.07. The molecule has 0 bridgehead atoms. The summed E-state index contributed by atoms with van der Waals surface area (Å²) in [6.45, 7) is 9.23. The van der Waals surface area contributed by atoms with Gasteiger partial charge in [-0.2, -0.15) is 11.8 Å². The Morgan fingerprint density at radius 3 is 2.93 bits per heavy atom. The van der Waals surface area contributed by atoms with Crippen LogP contribution in [-0.4, -0.2) is 24.6 Å². The Kier molecular flexibility index (Phi) is 5.77. The lowest BCUT2D eigenvalue weighted by molar-refractivity contribution is 0.383. The van der Waals surface area contributed by atoms with E-state index in [1.807, 2.05) is 11.8 Å². The zero-order valence-electron chi connectivity index (χ0n) is 10.5. The maximum Gasteiger partial charge on any atom is 0.0141 e. The van der Waals surface area contributed by atoms with Gasteiger partial charge < -0.3 is 5.32 Å². The highest BCUT2D eigenvalue weighted by atomic mass is 32.2. The molecule has 0 amide bonds. The minimum absolute atomic E-state index is 0.739. The summed E-state index contributed by atoms with van der Waals surface area (Å²) in [6, 6.07) is 0. The first-order valence-corrected chi connectivity index (χ1v) is 7.31. The van der Waals surface area contributed by atoms with Gasteiger partial charge in [0.25, 0.3) is 0 Å². The summed E-state index contributed by atoms with van der Waals surface area (Å²) >= 11 is 1.94. The molecule has 0 saturated heterocycles. The quantitative estimate of drug-likeness (QED) is 0.723. The molecule has 0 heterocycles. The highest BCUT2D eigenvalue weighted by molar-refractivity contribution is 7.99. The van der Waals surface area contributed by atoms with Crippen molar-refractivity contribution in [2.75, 3.05) is 19.3 Å². The smallest absolute Gasteiger partial charge is 0.0141 e. The van der Waals surface area contributed by atoms with Gasteiger partial charge in [-0.05, 0) is 44.4 Å². The fourth-order valence-corrected chi connectivity index (χ4v) is 2.70. The summed E-state index contributed by atoms with van der Waals surface area (Å²) < 4.78 is 0. The Hall–Kier alpha value is 0.0500. The van der Waals surface area contributed by atoms with Gasteiger partial charge in [0.1, 0.15) is 0 Å². The first kappa shape index (κ1) is 13.1. The summed E-state index contributed by atoms with van der Waals surface area (Å²) in [6.07, 6.45) is 7.27. The number of rotatable bonds is 5. The van der Waals surface area contributed by atoms with E-state index in [1.54, 1.807) is 5.57 Å². The first-order valence-electron chi connectivity index (χ1n) is 6.02. The van der Waals surface area contributed by atoms with Gasteiger partial charge >= 0.3 is 0 Å². The highest BCUT2D eigenvalue weighted by Crippen LogP contribution is 2.27. The monoisotopic (exact) mass is 227 g/mol. The molecule has 1 nitrogen and oxygen atoms in total. The Bertz CT molecular complexity index is 213. The zero-order valence-corrected chi connectivity index (χ0v) is 11.4. The molecule has 3 unspecified atom stereocenters. The van der Waals surface area contributed by atoms with Crippen molar-refractivity contribution in [3.63, 3.8) is 0 Å². The van der Waals surface area contributed by atoms with E-state index in [0.717, 1.165) is 23.6 Å². The average molecular weight is 227 g/mol. The normalized spacial score (nSPS) is 28.7. The van der Waals surface area contributed by atoms with Crippen molar-refractivity contribution in [1.29, 1.82) is 0 Å². The van der Waals surface area contributed by atoms with Crippen molar-refractivity contribution in [1.82, 2.24) is 5.32 Å². The Balaban J connectivity index is 2.20. The van der Waals surface area contributed by atoms with Crippen molar-refractivity contribution in [2.24, 2.45) is 11.8 Å². The number of allylic oxidation sites excluding steroid dienone is 2. The van der Waals surface area contributed by atoms with Crippen LogP contribution in [0.15, 0.2) is 11.6 Å². The largest absolute Gasteiger partial charge is 0.315 e. The fraction of sp³-hybridized carbons (Fsp3) is 0.846.